The second-order valence-electron chi connectivity index (χ2n) is 6.28. The molecule has 2 rings (SSSR count). The predicted octanol–water partition coefficient (Wildman–Crippen LogP) is 3.71. The third-order valence-electron chi connectivity index (χ3n) is 3.68. The number of amides is 2. The highest BCUT2D eigenvalue weighted by Crippen LogP contribution is 2.28. The van der Waals surface area contributed by atoms with Crippen molar-refractivity contribution in [3.8, 4) is 5.75 Å². The molecule has 0 atom stereocenters. The Morgan fingerprint density at radius 2 is 1.92 bits per heavy atom. The number of thioether (sulfide) groups is 1. The topological polar surface area (TPSA) is 81.4 Å². The van der Waals surface area contributed by atoms with Crippen molar-refractivity contribution < 1.29 is 14.3 Å². The van der Waals surface area contributed by atoms with Gasteiger partial charge in [-0.3, -0.25) is 9.59 Å². The number of ether oxygens (including phenoxy) is 1. The summed E-state index contributed by atoms with van der Waals surface area (Å²) >= 11 is 1.29. The molecular formula is C20H24N2O3S. The molecule has 2 amide bonds. The second kappa shape index (κ2) is 9.29. The smallest absolute Gasteiger partial charge is 0.262 e. The van der Waals surface area contributed by atoms with Gasteiger partial charge in [-0.2, -0.15) is 0 Å². The Labute approximate surface area is 158 Å². The minimum absolute atomic E-state index is 0.0853. The molecule has 2 aromatic rings. The number of para-hydroxylation sites is 1. The Hall–Kier alpha value is -2.47. The third kappa shape index (κ3) is 5.81. The molecule has 0 saturated heterocycles. The van der Waals surface area contributed by atoms with Gasteiger partial charge in [0.25, 0.3) is 5.91 Å². The van der Waals surface area contributed by atoms with Crippen molar-refractivity contribution in [1.29, 1.82) is 0 Å². The van der Waals surface area contributed by atoms with Gasteiger partial charge >= 0.3 is 0 Å². The molecule has 6 heteroatoms. The summed E-state index contributed by atoms with van der Waals surface area (Å²) in [5.74, 6) is 0.532. The third-order valence-corrected chi connectivity index (χ3v) is 4.78. The molecule has 5 nitrogen and oxygen atoms in total. The summed E-state index contributed by atoms with van der Waals surface area (Å²) in [7, 11) is 0. The lowest BCUT2D eigenvalue weighted by Gasteiger charge is -2.15. The summed E-state index contributed by atoms with van der Waals surface area (Å²) in [5, 5.41) is 2.83. The quantitative estimate of drug-likeness (QED) is 0.692. The highest BCUT2D eigenvalue weighted by atomic mass is 32.2. The van der Waals surface area contributed by atoms with Crippen molar-refractivity contribution >= 4 is 29.3 Å². The van der Waals surface area contributed by atoms with Gasteiger partial charge in [-0.15, -0.1) is 11.8 Å². The highest BCUT2D eigenvalue weighted by Gasteiger charge is 2.12. The zero-order valence-corrected chi connectivity index (χ0v) is 16.1. The number of carbonyl (C=O) groups excluding carboxylic acids is 2. The van der Waals surface area contributed by atoms with E-state index in [-0.39, 0.29) is 18.3 Å². The van der Waals surface area contributed by atoms with E-state index in [0.717, 1.165) is 21.8 Å². The van der Waals surface area contributed by atoms with Crippen LogP contribution in [0.15, 0.2) is 47.4 Å². The minimum Gasteiger partial charge on any atom is -0.483 e. The number of nitrogens with one attached hydrogen (secondary N) is 1. The van der Waals surface area contributed by atoms with Gasteiger partial charge in [0, 0.05) is 4.90 Å². The molecule has 0 aliphatic rings. The van der Waals surface area contributed by atoms with Gasteiger partial charge in [0.1, 0.15) is 5.75 Å². The Morgan fingerprint density at radius 1 is 1.19 bits per heavy atom. The van der Waals surface area contributed by atoms with Crippen molar-refractivity contribution in [2.45, 2.75) is 31.6 Å². The van der Waals surface area contributed by atoms with E-state index in [1.54, 1.807) is 6.07 Å². The molecule has 0 spiro atoms. The van der Waals surface area contributed by atoms with Crippen LogP contribution in [0.4, 0.5) is 5.69 Å². The summed E-state index contributed by atoms with van der Waals surface area (Å²) in [4.78, 5) is 24.1. The molecule has 0 aliphatic heterocycles. The highest BCUT2D eigenvalue weighted by molar-refractivity contribution is 8.00. The number of rotatable bonds is 8. The molecule has 138 valence electrons. The fourth-order valence-electron chi connectivity index (χ4n) is 2.42. The molecule has 0 aliphatic carbocycles. The SMILES string of the molecule is Cc1ccc(C(C)C)c(OCC(=O)Nc2ccccc2SCC(N)=O)c1. The molecule has 2 aromatic carbocycles. The van der Waals surface area contributed by atoms with E-state index in [1.165, 1.54) is 11.8 Å². The van der Waals surface area contributed by atoms with E-state index in [9.17, 15) is 9.59 Å². The van der Waals surface area contributed by atoms with Crippen LogP contribution in [0.5, 0.6) is 5.75 Å². The lowest BCUT2D eigenvalue weighted by molar-refractivity contribution is -0.118. The maximum Gasteiger partial charge on any atom is 0.262 e. The Morgan fingerprint density at radius 3 is 2.62 bits per heavy atom. The van der Waals surface area contributed by atoms with Crippen LogP contribution >= 0.6 is 11.8 Å². The van der Waals surface area contributed by atoms with Crippen molar-refractivity contribution in [2.24, 2.45) is 5.73 Å². The molecule has 3 N–H and O–H groups in total. The lowest BCUT2D eigenvalue weighted by atomic mass is 10.0. The standard InChI is InChI=1S/C20H24N2O3S/c1-13(2)15-9-8-14(3)10-17(15)25-11-20(24)22-16-6-4-5-7-18(16)26-12-19(21)23/h4-10,13H,11-12H2,1-3H3,(H2,21,23)(H,22,24). The van der Waals surface area contributed by atoms with Crippen LogP contribution in [-0.2, 0) is 9.59 Å². The second-order valence-corrected chi connectivity index (χ2v) is 7.30. The van der Waals surface area contributed by atoms with Crippen LogP contribution in [0, 0.1) is 6.92 Å². The largest absolute Gasteiger partial charge is 0.483 e. The minimum atomic E-state index is -0.403. The number of primary amides is 1. The van der Waals surface area contributed by atoms with Gasteiger partial charge in [-0.1, -0.05) is 38.1 Å². The Kier molecular flexibility index (Phi) is 7.09. The predicted molar refractivity (Wildman–Crippen MR) is 106 cm³/mol. The first-order chi connectivity index (χ1) is 12.4. The maximum atomic E-state index is 12.3. The molecule has 0 fully saturated rings. The van der Waals surface area contributed by atoms with E-state index in [2.05, 4.69) is 19.2 Å². The summed E-state index contributed by atoms with van der Waals surface area (Å²) in [6, 6.07) is 13.3. The van der Waals surface area contributed by atoms with Gasteiger partial charge in [-0.05, 0) is 42.2 Å². The van der Waals surface area contributed by atoms with Crippen LogP contribution in [0.3, 0.4) is 0 Å². The number of aryl methyl sites for hydroxylation is 1. The molecule has 0 heterocycles. The summed E-state index contributed by atoms with van der Waals surface area (Å²) in [6.45, 7) is 6.08. The van der Waals surface area contributed by atoms with Crippen molar-refractivity contribution in [1.82, 2.24) is 0 Å². The zero-order chi connectivity index (χ0) is 19.1. The number of benzene rings is 2. The number of nitrogens with two attached hydrogens (primary N) is 1. The van der Waals surface area contributed by atoms with E-state index < -0.39 is 5.91 Å². The zero-order valence-electron chi connectivity index (χ0n) is 15.2. The van der Waals surface area contributed by atoms with E-state index in [4.69, 9.17) is 10.5 Å². The first kappa shape index (κ1) is 19.8. The normalized spacial score (nSPS) is 10.6. The van der Waals surface area contributed by atoms with Crippen molar-refractivity contribution in [3.05, 3.63) is 53.6 Å². The molecule has 0 bridgehead atoms. The van der Waals surface area contributed by atoms with E-state index in [0.29, 0.717) is 11.6 Å². The van der Waals surface area contributed by atoms with Crippen LogP contribution < -0.4 is 15.8 Å². The van der Waals surface area contributed by atoms with Crippen molar-refractivity contribution in [3.63, 3.8) is 0 Å². The van der Waals surface area contributed by atoms with Crippen LogP contribution in [-0.4, -0.2) is 24.2 Å². The molecule has 0 aromatic heterocycles. The Bertz CT molecular complexity index is 790. The molecular weight excluding hydrogens is 348 g/mol. The lowest BCUT2D eigenvalue weighted by Crippen LogP contribution is -2.21. The van der Waals surface area contributed by atoms with E-state index >= 15 is 0 Å². The Balaban J connectivity index is 2.02. The fraction of sp³-hybridized carbons (Fsp3) is 0.300. The fourth-order valence-corrected chi connectivity index (χ4v) is 3.16. The molecule has 0 saturated carbocycles. The number of hydrogen-bond donors (Lipinski definition) is 2. The number of hydrogen-bond acceptors (Lipinski definition) is 4. The van der Waals surface area contributed by atoms with Crippen molar-refractivity contribution in [2.75, 3.05) is 17.7 Å². The molecule has 0 unspecified atom stereocenters. The van der Waals surface area contributed by atoms with Gasteiger partial charge < -0.3 is 15.8 Å². The first-order valence-electron chi connectivity index (χ1n) is 8.40. The summed E-state index contributed by atoms with van der Waals surface area (Å²) in [6.07, 6.45) is 0. The monoisotopic (exact) mass is 372 g/mol. The van der Waals surface area contributed by atoms with Crippen LogP contribution in [0.1, 0.15) is 30.9 Å². The number of carbonyl (C=O) groups is 2. The summed E-state index contributed by atoms with van der Waals surface area (Å²) in [5.41, 5.74) is 7.98. The van der Waals surface area contributed by atoms with Gasteiger partial charge in [0.2, 0.25) is 5.91 Å². The average Bonchev–Trinajstić information content (AvgIpc) is 2.59. The van der Waals surface area contributed by atoms with Crippen LogP contribution in [0.25, 0.3) is 0 Å². The van der Waals surface area contributed by atoms with Gasteiger partial charge in [0.05, 0.1) is 11.4 Å². The number of anilines is 1. The molecule has 0 radical (unpaired) electrons. The van der Waals surface area contributed by atoms with Crippen LogP contribution in [0.2, 0.25) is 0 Å². The van der Waals surface area contributed by atoms with Gasteiger partial charge in [0.15, 0.2) is 6.61 Å². The molecule has 26 heavy (non-hydrogen) atoms. The maximum absolute atomic E-state index is 12.3. The van der Waals surface area contributed by atoms with Gasteiger partial charge in [-0.25, -0.2) is 0 Å². The first-order valence-corrected chi connectivity index (χ1v) is 9.38. The van der Waals surface area contributed by atoms with E-state index in [1.807, 2.05) is 43.3 Å². The average molecular weight is 372 g/mol. The summed E-state index contributed by atoms with van der Waals surface area (Å²) < 4.78 is 5.76.